The van der Waals surface area contributed by atoms with Crippen LogP contribution in [0.3, 0.4) is 0 Å². The van der Waals surface area contributed by atoms with E-state index in [1.165, 1.54) is 12.1 Å². The average molecular weight is 520 g/mol. The summed E-state index contributed by atoms with van der Waals surface area (Å²) in [6, 6.07) is 2.79. The Hall–Kier alpha value is -2.28. The number of hydrogen-bond acceptors (Lipinski definition) is 5. The van der Waals surface area contributed by atoms with Gasteiger partial charge in [0, 0.05) is 17.2 Å². The minimum atomic E-state index is -6.41. The van der Waals surface area contributed by atoms with Crippen LogP contribution in [-0.4, -0.2) is 47.8 Å². The maximum absolute atomic E-state index is 13.3. The van der Waals surface area contributed by atoms with Gasteiger partial charge >= 0.3 is 23.9 Å². The molecule has 6 nitrogen and oxygen atoms in total. The van der Waals surface area contributed by atoms with Crippen LogP contribution >= 0.6 is 0 Å². The minimum Gasteiger partial charge on any atom is -0.507 e. The van der Waals surface area contributed by atoms with Gasteiger partial charge in [-0.3, -0.25) is 4.55 Å². The fourth-order valence-electron chi connectivity index (χ4n) is 2.99. The molecule has 0 fully saturated rings. The molecule has 0 unspecified atom stereocenters. The van der Waals surface area contributed by atoms with Gasteiger partial charge < -0.3 is 9.84 Å². The first-order valence-electron chi connectivity index (χ1n) is 9.69. The number of ether oxygens (including phenoxy) is 1. The Morgan fingerprint density at radius 1 is 0.912 bits per heavy atom. The molecule has 0 aromatic heterocycles. The Bertz CT molecular complexity index is 1010. The Labute approximate surface area is 193 Å². The molecule has 1 aromatic rings. The van der Waals surface area contributed by atoms with Crippen molar-refractivity contribution >= 4 is 22.2 Å². The third kappa shape index (κ3) is 6.87. The van der Waals surface area contributed by atoms with Crippen LogP contribution in [-0.2, 0) is 30.5 Å². The van der Waals surface area contributed by atoms with Crippen molar-refractivity contribution in [1.82, 2.24) is 0 Å². The Morgan fingerprint density at radius 2 is 1.29 bits per heavy atom. The lowest BCUT2D eigenvalue weighted by Crippen LogP contribution is -2.63. The van der Waals surface area contributed by atoms with Crippen LogP contribution in [0.15, 0.2) is 18.2 Å². The van der Waals surface area contributed by atoms with E-state index in [-0.39, 0.29) is 17.4 Å². The molecule has 0 aliphatic carbocycles. The van der Waals surface area contributed by atoms with Gasteiger partial charge in [0.25, 0.3) is 10.1 Å². The molecule has 0 atom stereocenters. The van der Waals surface area contributed by atoms with Crippen LogP contribution in [0.1, 0.15) is 58.2 Å². The van der Waals surface area contributed by atoms with Crippen molar-refractivity contribution in [1.29, 1.82) is 0 Å². The number of aromatic hydroxyl groups is 1. The average Bonchev–Trinajstić information content (AvgIpc) is 2.54. The topological polar surface area (TPSA) is 101 Å². The second-order valence-electron chi connectivity index (χ2n) is 9.77. The van der Waals surface area contributed by atoms with Gasteiger partial charge in [0.2, 0.25) is 0 Å². The number of esters is 1. The van der Waals surface area contributed by atoms with Gasteiger partial charge in [-0.2, -0.15) is 34.8 Å². The molecule has 2 N–H and O–H groups in total. The monoisotopic (exact) mass is 520 g/mol. The van der Waals surface area contributed by atoms with Crippen molar-refractivity contribution in [2.45, 2.75) is 70.3 Å². The third-order valence-electron chi connectivity index (χ3n) is 4.74. The van der Waals surface area contributed by atoms with Gasteiger partial charge in [-0.15, -0.1) is 0 Å². The van der Waals surface area contributed by atoms with E-state index in [1.54, 1.807) is 41.5 Å². The Morgan fingerprint density at radius 3 is 1.59 bits per heavy atom. The first-order valence-corrected chi connectivity index (χ1v) is 11.3. The van der Waals surface area contributed by atoms with E-state index < -0.39 is 50.6 Å². The van der Waals surface area contributed by atoms with E-state index in [1.807, 2.05) is 0 Å². The molecule has 0 saturated heterocycles. The van der Waals surface area contributed by atoms with Crippen LogP contribution in [0.5, 0.6) is 5.75 Å². The number of phenolic OH excluding ortho intramolecular Hbond substituents is 1. The zero-order valence-corrected chi connectivity index (χ0v) is 20.0. The van der Waals surface area contributed by atoms with Gasteiger partial charge in [0.05, 0.1) is 0 Å². The first kappa shape index (κ1) is 29.8. The fourth-order valence-corrected chi connectivity index (χ4v) is 3.89. The van der Waals surface area contributed by atoms with Crippen LogP contribution in [0.4, 0.5) is 26.3 Å². The molecule has 0 heterocycles. The standard InChI is InChI=1S/C21H26F6O6S/c1-17(2,3)13-9-12(10-14(16(13)29)18(4,5)6)7-8-15(28)33-19(20(22,23)24,21(25,26)27)11-34(30,31)32/h7-10,29H,11H2,1-6H3,(H,30,31,32)/b8-7+. The number of halogens is 6. The quantitative estimate of drug-likeness (QED) is 0.237. The van der Waals surface area contributed by atoms with Crippen molar-refractivity contribution in [3.05, 3.63) is 34.9 Å². The molecular formula is C21H26F6O6S. The summed E-state index contributed by atoms with van der Waals surface area (Å²) < 4.78 is 114. The first-order chi connectivity index (χ1) is 14.8. The maximum Gasteiger partial charge on any atom is 0.438 e. The van der Waals surface area contributed by atoms with E-state index in [2.05, 4.69) is 4.74 Å². The van der Waals surface area contributed by atoms with Crippen molar-refractivity contribution in [3.63, 3.8) is 0 Å². The molecule has 34 heavy (non-hydrogen) atoms. The number of alkyl halides is 6. The normalized spacial score (nSPS) is 14.5. The molecule has 1 aromatic carbocycles. The van der Waals surface area contributed by atoms with Gasteiger partial charge in [-0.1, -0.05) is 41.5 Å². The van der Waals surface area contributed by atoms with Gasteiger partial charge in [-0.25, -0.2) is 4.79 Å². The highest BCUT2D eigenvalue weighted by Crippen LogP contribution is 2.47. The highest BCUT2D eigenvalue weighted by molar-refractivity contribution is 7.85. The SMILES string of the molecule is CC(C)(C)c1cc(/C=C/C(=O)OC(CS(=O)(=O)O)(C(F)(F)F)C(F)(F)F)cc(C(C)(C)C)c1O. The number of carbonyl (C=O) groups is 1. The van der Waals surface area contributed by atoms with Gasteiger partial charge in [-0.05, 0) is 34.6 Å². The molecule has 194 valence electrons. The molecule has 0 amide bonds. The Kier molecular flexibility index (Phi) is 7.93. The summed E-state index contributed by atoms with van der Waals surface area (Å²) >= 11 is 0. The van der Waals surface area contributed by atoms with Crippen molar-refractivity contribution in [2.75, 3.05) is 5.75 Å². The third-order valence-corrected chi connectivity index (χ3v) is 5.51. The lowest BCUT2D eigenvalue weighted by atomic mass is 9.78. The van der Waals surface area contributed by atoms with E-state index in [0.717, 1.165) is 6.08 Å². The zero-order chi connectivity index (χ0) is 27.1. The van der Waals surface area contributed by atoms with Crippen molar-refractivity contribution < 1.29 is 54.0 Å². The molecule has 0 aliphatic heterocycles. The number of hydrogen-bond donors (Lipinski definition) is 2. The van der Waals surface area contributed by atoms with E-state index in [9.17, 15) is 44.7 Å². The van der Waals surface area contributed by atoms with E-state index in [4.69, 9.17) is 4.55 Å². The smallest absolute Gasteiger partial charge is 0.438 e. The number of phenols is 1. The van der Waals surface area contributed by atoms with E-state index in [0.29, 0.717) is 11.1 Å². The zero-order valence-electron chi connectivity index (χ0n) is 19.2. The number of carbonyl (C=O) groups excluding carboxylic acids is 1. The minimum absolute atomic E-state index is 0.0546. The largest absolute Gasteiger partial charge is 0.507 e. The molecule has 0 bridgehead atoms. The predicted molar refractivity (Wildman–Crippen MR) is 112 cm³/mol. The molecular weight excluding hydrogens is 494 g/mol. The van der Waals surface area contributed by atoms with Crippen molar-refractivity contribution in [3.8, 4) is 5.75 Å². The summed E-state index contributed by atoms with van der Waals surface area (Å²) in [6.45, 7) is 10.5. The summed E-state index contributed by atoms with van der Waals surface area (Å²) in [5, 5.41) is 10.7. The molecule has 0 spiro atoms. The summed E-state index contributed by atoms with van der Waals surface area (Å²) in [7, 11) is -5.88. The molecule has 0 radical (unpaired) electrons. The van der Waals surface area contributed by atoms with Gasteiger partial charge in [0.15, 0.2) is 0 Å². The van der Waals surface area contributed by atoms with Crippen LogP contribution in [0.25, 0.3) is 6.08 Å². The number of rotatable bonds is 5. The van der Waals surface area contributed by atoms with Crippen LogP contribution < -0.4 is 0 Å². The van der Waals surface area contributed by atoms with Crippen LogP contribution in [0.2, 0.25) is 0 Å². The van der Waals surface area contributed by atoms with Gasteiger partial charge in [0.1, 0.15) is 11.5 Å². The molecule has 0 saturated carbocycles. The second-order valence-corrected chi connectivity index (χ2v) is 11.2. The van der Waals surface area contributed by atoms with Crippen LogP contribution in [0, 0.1) is 0 Å². The lowest BCUT2D eigenvalue weighted by Gasteiger charge is -2.35. The van der Waals surface area contributed by atoms with Crippen molar-refractivity contribution in [2.24, 2.45) is 0 Å². The number of benzene rings is 1. The van der Waals surface area contributed by atoms with E-state index >= 15 is 0 Å². The fraction of sp³-hybridized carbons (Fsp3) is 0.571. The molecule has 1 rings (SSSR count). The maximum atomic E-state index is 13.3. The highest BCUT2D eigenvalue weighted by Gasteiger charge is 2.75. The summed E-state index contributed by atoms with van der Waals surface area (Å²) in [5.74, 6) is -5.17. The predicted octanol–water partition coefficient (Wildman–Crippen LogP) is 5.29. The summed E-state index contributed by atoms with van der Waals surface area (Å²) in [4.78, 5) is 12.0. The lowest BCUT2D eigenvalue weighted by molar-refractivity contribution is -0.360. The second kappa shape index (κ2) is 9.06. The Balaban J connectivity index is 3.56. The highest BCUT2D eigenvalue weighted by atomic mass is 32.2. The summed E-state index contributed by atoms with van der Waals surface area (Å²) in [5.41, 5.74) is -5.77. The molecule has 13 heteroatoms. The summed E-state index contributed by atoms with van der Waals surface area (Å²) in [6.07, 6.45) is -11.7. The molecule has 0 aliphatic rings.